The van der Waals surface area contributed by atoms with E-state index in [1.807, 2.05) is 0 Å². The number of nitrogen functional groups attached to an aromatic ring is 1. The van der Waals surface area contributed by atoms with Gasteiger partial charge < -0.3 is 10.8 Å². The number of anilines is 1. The lowest BCUT2D eigenvalue weighted by molar-refractivity contribution is -0.387. The zero-order valence-electron chi connectivity index (χ0n) is 8.66. The van der Waals surface area contributed by atoms with Crippen molar-refractivity contribution in [3.8, 4) is 5.75 Å². The van der Waals surface area contributed by atoms with Gasteiger partial charge in [-0.05, 0) is 6.07 Å². The van der Waals surface area contributed by atoms with Crippen LogP contribution in [0.4, 0.5) is 11.4 Å². The predicted octanol–water partition coefficient (Wildman–Crippen LogP) is 0.842. The molecule has 0 aliphatic rings. The molecule has 0 aromatic heterocycles. The van der Waals surface area contributed by atoms with E-state index >= 15 is 0 Å². The van der Waals surface area contributed by atoms with E-state index in [4.69, 9.17) is 5.73 Å². The van der Waals surface area contributed by atoms with E-state index in [-0.39, 0.29) is 5.69 Å². The van der Waals surface area contributed by atoms with Crippen LogP contribution in [-0.4, -0.2) is 24.2 Å². The summed E-state index contributed by atoms with van der Waals surface area (Å²) in [5.74, 6) is -0.979. The van der Waals surface area contributed by atoms with Gasteiger partial charge in [0.25, 0.3) is 5.69 Å². The minimum Gasteiger partial charge on any atom is -0.506 e. The van der Waals surface area contributed by atoms with Gasteiger partial charge in [-0.3, -0.25) is 10.1 Å². The van der Waals surface area contributed by atoms with Crippen LogP contribution in [0.15, 0.2) is 29.7 Å². The van der Waals surface area contributed by atoms with Gasteiger partial charge in [-0.2, -0.15) is 0 Å². The van der Waals surface area contributed by atoms with Gasteiger partial charge in [-0.25, -0.2) is 8.42 Å². The first kappa shape index (κ1) is 13.0. The first-order chi connectivity index (χ1) is 7.79. The maximum Gasteiger partial charge on any atom is 0.291 e. The molecule has 0 saturated heterocycles. The Morgan fingerprint density at radius 2 is 2.12 bits per heavy atom. The fourth-order valence-electron chi connectivity index (χ4n) is 1.21. The summed E-state index contributed by atoms with van der Waals surface area (Å²) in [5, 5.41) is 19.9. The molecule has 7 nitrogen and oxygen atoms in total. The fourth-order valence-corrected chi connectivity index (χ4v) is 2.46. The molecule has 0 radical (unpaired) electrons. The van der Waals surface area contributed by atoms with E-state index in [2.05, 4.69) is 6.58 Å². The molecule has 8 heteroatoms. The number of hydrogen-bond donors (Lipinski definition) is 2. The minimum absolute atomic E-state index is 0.238. The second kappa shape index (κ2) is 4.42. The van der Waals surface area contributed by atoms with Crippen molar-refractivity contribution in [3.63, 3.8) is 0 Å². The zero-order chi connectivity index (χ0) is 13.2. The topological polar surface area (TPSA) is 124 Å². The highest BCUT2D eigenvalue weighted by Crippen LogP contribution is 2.33. The molecule has 0 heterocycles. The van der Waals surface area contributed by atoms with E-state index in [1.54, 1.807) is 0 Å². The zero-order valence-corrected chi connectivity index (χ0v) is 9.48. The second-order valence-corrected chi connectivity index (χ2v) is 5.21. The highest BCUT2D eigenvalue weighted by atomic mass is 32.2. The lowest BCUT2D eigenvalue weighted by Gasteiger charge is -2.05. The maximum atomic E-state index is 11.7. The van der Waals surface area contributed by atoms with E-state index in [0.717, 1.165) is 12.1 Å². The summed E-state index contributed by atoms with van der Waals surface area (Å²) in [4.78, 5) is 9.28. The molecule has 1 aromatic carbocycles. The van der Waals surface area contributed by atoms with Crippen LogP contribution in [0.3, 0.4) is 0 Å². The summed E-state index contributed by atoms with van der Waals surface area (Å²) in [6.45, 7) is 3.26. The molecule has 0 aliphatic carbocycles. The Morgan fingerprint density at radius 3 is 2.59 bits per heavy atom. The number of benzene rings is 1. The average Bonchev–Trinajstić information content (AvgIpc) is 2.20. The number of nitro benzene ring substituents is 1. The Labute approximate surface area is 97.2 Å². The van der Waals surface area contributed by atoms with Gasteiger partial charge in [0.2, 0.25) is 0 Å². The molecule has 17 heavy (non-hydrogen) atoms. The van der Waals surface area contributed by atoms with Crippen molar-refractivity contribution in [2.45, 2.75) is 4.90 Å². The number of phenolic OH excluding ortho intramolecular Hbond substituents is 1. The molecule has 0 fully saturated rings. The molecule has 1 rings (SSSR count). The molecule has 0 saturated carbocycles. The first-order valence-electron chi connectivity index (χ1n) is 4.40. The molecule has 3 N–H and O–H groups in total. The molecule has 92 valence electrons. The maximum absolute atomic E-state index is 11.7. The van der Waals surface area contributed by atoms with Crippen LogP contribution >= 0.6 is 0 Å². The van der Waals surface area contributed by atoms with Crippen LogP contribution in [0, 0.1) is 10.1 Å². The first-order valence-corrected chi connectivity index (χ1v) is 6.05. The SMILES string of the molecule is C=CCS(=O)(=O)c1cc(N)c(O)cc1[N+](=O)[O-]. The summed E-state index contributed by atoms with van der Waals surface area (Å²) < 4.78 is 23.4. The number of nitrogens with two attached hydrogens (primary N) is 1. The summed E-state index contributed by atoms with van der Waals surface area (Å²) in [7, 11) is -3.88. The van der Waals surface area contributed by atoms with Gasteiger partial charge in [0.05, 0.1) is 22.4 Å². The lowest BCUT2D eigenvalue weighted by atomic mass is 10.2. The van der Waals surface area contributed by atoms with Crippen molar-refractivity contribution < 1.29 is 18.4 Å². The van der Waals surface area contributed by atoms with Crippen LogP contribution in [0.2, 0.25) is 0 Å². The number of phenols is 1. The summed E-state index contributed by atoms with van der Waals surface area (Å²) >= 11 is 0. The van der Waals surface area contributed by atoms with E-state index in [1.165, 1.54) is 0 Å². The second-order valence-electron chi connectivity index (χ2n) is 3.21. The lowest BCUT2D eigenvalue weighted by Crippen LogP contribution is -2.08. The van der Waals surface area contributed by atoms with Crippen LogP contribution < -0.4 is 5.73 Å². The number of aromatic hydroxyl groups is 1. The molecule has 0 amide bonds. The Kier molecular flexibility index (Phi) is 3.37. The number of rotatable bonds is 4. The molecule has 1 aromatic rings. The van der Waals surface area contributed by atoms with Crippen LogP contribution in [0.25, 0.3) is 0 Å². The Bertz CT molecular complexity index is 579. The Balaban J connectivity index is 3.57. The van der Waals surface area contributed by atoms with Gasteiger partial charge in [0, 0.05) is 0 Å². The van der Waals surface area contributed by atoms with Gasteiger partial charge in [-0.15, -0.1) is 6.58 Å². The fraction of sp³-hybridized carbons (Fsp3) is 0.111. The molecule has 0 bridgehead atoms. The Morgan fingerprint density at radius 1 is 1.53 bits per heavy atom. The normalized spacial score (nSPS) is 11.1. The summed E-state index contributed by atoms with van der Waals surface area (Å²) in [5.41, 5.74) is 4.37. The van der Waals surface area contributed by atoms with Gasteiger partial charge in [0.1, 0.15) is 10.6 Å². The summed E-state index contributed by atoms with van der Waals surface area (Å²) in [6, 6.07) is 1.58. The largest absolute Gasteiger partial charge is 0.506 e. The molecule has 0 spiro atoms. The van der Waals surface area contributed by atoms with Gasteiger partial charge in [-0.1, -0.05) is 6.08 Å². The molecule has 0 aliphatic heterocycles. The van der Waals surface area contributed by atoms with Crippen molar-refractivity contribution in [2.75, 3.05) is 11.5 Å². The molecular weight excluding hydrogens is 248 g/mol. The van der Waals surface area contributed by atoms with E-state index in [9.17, 15) is 23.6 Å². The number of nitro groups is 1. The van der Waals surface area contributed by atoms with Crippen LogP contribution in [-0.2, 0) is 9.84 Å². The number of nitrogens with zero attached hydrogens (tertiary/aromatic N) is 1. The quantitative estimate of drug-likeness (QED) is 0.271. The number of sulfone groups is 1. The predicted molar refractivity (Wildman–Crippen MR) is 61.4 cm³/mol. The average molecular weight is 258 g/mol. The molecule has 0 atom stereocenters. The van der Waals surface area contributed by atoms with E-state index < -0.39 is 36.8 Å². The van der Waals surface area contributed by atoms with Crippen molar-refractivity contribution in [1.29, 1.82) is 0 Å². The van der Waals surface area contributed by atoms with Crippen molar-refractivity contribution >= 4 is 21.2 Å². The number of hydrogen-bond acceptors (Lipinski definition) is 6. The third-order valence-corrected chi connectivity index (χ3v) is 3.65. The van der Waals surface area contributed by atoms with Crippen molar-refractivity contribution in [1.82, 2.24) is 0 Å². The molecule has 0 unspecified atom stereocenters. The summed E-state index contributed by atoms with van der Waals surface area (Å²) in [6.07, 6.45) is 1.11. The third kappa shape index (κ3) is 2.53. The van der Waals surface area contributed by atoms with Gasteiger partial charge in [0.15, 0.2) is 9.84 Å². The minimum atomic E-state index is -3.88. The van der Waals surface area contributed by atoms with Gasteiger partial charge >= 0.3 is 0 Å². The Hall–Kier alpha value is -2.09. The van der Waals surface area contributed by atoms with E-state index in [0.29, 0.717) is 6.07 Å². The smallest absolute Gasteiger partial charge is 0.291 e. The van der Waals surface area contributed by atoms with Crippen LogP contribution in [0.5, 0.6) is 5.75 Å². The van der Waals surface area contributed by atoms with Crippen molar-refractivity contribution in [2.24, 2.45) is 0 Å². The van der Waals surface area contributed by atoms with Crippen molar-refractivity contribution in [3.05, 3.63) is 34.9 Å². The highest BCUT2D eigenvalue weighted by Gasteiger charge is 2.26. The molecular formula is C9H10N2O5S. The van der Waals surface area contributed by atoms with Crippen LogP contribution in [0.1, 0.15) is 0 Å². The standard InChI is InChI=1S/C9H10N2O5S/c1-2-3-17(15,16)9-4-6(10)8(12)5-7(9)11(13)14/h2,4-5,12H,1,3,10H2. The third-order valence-electron chi connectivity index (χ3n) is 1.98. The highest BCUT2D eigenvalue weighted by molar-refractivity contribution is 7.91. The monoisotopic (exact) mass is 258 g/mol.